The third-order valence-corrected chi connectivity index (χ3v) is 5.51. The van der Waals surface area contributed by atoms with E-state index in [0.717, 1.165) is 37.8 Å². The van der Waals surface area contributed by atoms with Crippen LogP contribution in [0.3, 0.4) is 0 Å². The van der Waals surface area contributed by atoms with E-state index in [4.69, 9.17) is 5.73 Å². The zero-order valence-corrected chi connectivity index (χ0v) is 12.9. The molecule has 0 aromatic carbocycles. The highest BCUT2D eigenvalue weighted by molar-refractivity contribution is 4.88. The normalized spacial score (nSPS) is 40.3. The molecular weight excluding hydrogens is 236 g/mol. The van der Waals surface area contributed by atoms with Gasteiger partial charge in [0.2, 0.25) is 0 Å². The maximum atomic E-state index is 9.66. The Morgan fingerprint density at radius 1 is 1.21 bits per heavy atom. The molecule has 0 aromatic rings. The molecule has 5 unspecified atom stereocenters. The molecule has 0 bridgehead atoms. The lowest BCUT2D eigenvalue weighted by atomic mass is 9.72. The van der Waals surface area contributed by atoms with Crippen molar-refractivity contribution in [3.8, 4) is 0 Å². The molecule has 2 fully saturated rings. The zero-order chi connectivity index (χ0) is 14.0. The van der Waals surface area contributed by atoms with Crippen molar-refractivity contribution < 1.29 is 5.11 Å². The van der Waals surface area contributed by atoms with Gasteiger partial charge in [-0.2, -0.15) is 0 Å². The van der Waals surface area contributed by atoms with E-state index in [9.17, 15) is 5.11 Å². The summed E-state index contributed by atoms with van der Waals surface area (Å²) >= 11 is 0. The Morgan fingerprint density at radius 2 is 1.84 bits per heavy atom. The van der Waals surface area contributed by atoms with Crippen LogP contribution in [0.5, 0.6) is 0 Å². The first-order valence-corrected chi connectivity index (χ1v) is 8.13. The highest BCUT2D eigenvalue weighted by atomic mass is 16.3. The average molecular weight is 268 g/mol. The van der Waals surface area contributed by atoms with Gasteiger partial charge in [0.1, 0.15) is 0 Å². The van der Waals surface area contributed by atoms with Crippen LogP contribution in [0.25, 0.3) is 0 Å². The summed E-state index contributed by atoms with van der Waals surface area (Å²) in [5.74, 6) is 2.73. The fourth-order valence-electron chi connectivity index (χ4n) is 4.20. The van der Waals surface area contributed by atoms with Crippen molar-refractivity contribution in [1.82, 2.24) is 4.90 Å². The number of aliphatic hydroxyl groups excluding tert-OH is 1. The number of hydrogen-bond donors (Lipinski definition) is 2. The minimum atomic E-state index is -0.140. The number of nitrogens with two attached hydrogens (primary N) is 1. The molecule has 1 heterocycles. The smallest absolute Gasteiger partial charge is 0.0541 e. The average Bonchev–Trinajstić information content (AvgIpc) is 2.34. The highest BCUT2D eigenvalue weighted by Crippen LogP contribution is 2.34. The summed E-state index contributed by atoms with van der Waals surface area (Å²) in [6.45, 7) is 10.1. The van der Waals surface area contributed by atoms with Gasteiger partial charge in [-0.15, -0.1) is 0 Å². The zero-order valence-electron chi connectivity index (χ0n) is 12.9. The lowest BCUT2D eigenvalue weighted by Gasteiger charge is -2.42. The van der Waals surface area contributed by atoms with Crippen LogP contribution in [0.15, 0.2) is 0 Å². The number of nitrogens with zero attached hydrogens (tertiary/aromatic N) is 1. The van der Waals surface area contributed by atoms with Crippen LogP contribution >= 0.6 is 0 Å². The van der Waals surface area contributed by atoms with Crippen LogP contribution in [0.1, 0.15) is 46.5 Å². The summed E-state index contributed by atoms with van der Waals surface area (Å²) in [6.07, 6.45) is 4.68. The molecule has 1 saturated carbocycles. The van der Waals surface area contributed by atoms with Crippen LogP contribution < -0.4 is 5.73 Å². The minimum absolute atomic E-state index is 0.140. The van der Waals surface area contributed by atoms with Crippen molar-refractivity contribution in [3.63, 3.8) is 0 Å². The molecule has 0 radical (unpaired) electrons. The summed E-state index contributed by atoms with van der Waals surface area (Å²) in [6, 6.07) is 0.383. The Hall–Kier alpha value is -0.120. The van der Waals surface area contributed by atoms with E-state index in [1.165, 1.54) is 19.4 Å². The summed E-state index contributed by atoms with van der Waals surface area (Å²) in [5.41, 5.74) is 6.39. The van der Waals surface area contributed by atoms with Gasteiger partial charge in [0.25, 0.3) is 0 Å². The Morgan fingerprint density at radius 3 is 2.37 bits per heavy atom. The summed E-state index contributed by atoms with van der Waals surface area (Å²) in [4.78, 5) is 2.58. The van der Waals surface area contributed by atoms with Gasteiger partial charge >= 0.3 is 0 Å². The Balaban J connectivity index is 1.81. The molecule has 5 atom stereocenters. The maximum Gasteiger partial charge on any atom is 0.0541 e. The number of aliphatic hydroxyl groups is 1. The van der Waals surface area contributed by atoms with Gasteiger partial charge < -0.3 is 15.7 Å². The molecular formula is C16H32N2O. The standard InChI is InChI=1S/C16H32N2O/c1-11-8-12(2)15(16(17)9-11)10-18-6-4-14(5-7-18)13(3)19/h11-16,19H,4-10,17H2,1-3H3. The molecule has 1 aliphatic heterocycles. The number of piperidine rings is 1. The molecule has 3 heteroatoms. The van der Waals surface area contributed by atoms with Crippen LogP contribution in [-0.4, -0.2) is 41.8 Å². The molecule has 0 amide bonds. The van der Waals surface area contributed by atoms with Crippen molar-refractivity contribution in [2.75, 3.05) is 19.6 Å². The van der Waals surface area contributed by atoms with E-state index in [1.807, 2.05) is 6.92 Å². The van der Waals surface area contributed by atoms with Crippen molar-refractivity contribution in [2.24, 2.45) is 29.4 Å². The second kappa shape index (κ2) is 6.55. The molecule has 112 valence electrons. The van der Waals surface area contributed by atoms with Gasteiger partial charge in [0.05, 0.1) is 6.10 Å². The van der Waals surface area contributed by atoms with Crippen LogP contribution in [0.2, 0.25) is 0 Å². The summed E-state index contributed by atoms with van der Waals surface area (Å²) in [7, 11) is 0. The van der Waals surface area contributed by atoms with E-state index >= 15 is 0 Å². The SMILES string of the molecule is CC1CC(C)C(CN2CCC(C(C)O)CC2)C(N)C1. The molecule has 19 heavy (non-hydrogen) atoms. The predicted octanol–water partition coefficient (Wildman–Crippen LogP) is 2.09. The van der Waals surface area contributed by atoms with Crippen LogP contribution in [0, 0.1) is 23.7 Å². The Bertz CT molecular complexity index is 262. The molecule has 1 aliphatic carbocycles. The van der Waals surface area contributed by atoms with E-state index in [1.54, 1.807) is 0 Å². The second-order valence-electron chi connectivity index (χ2n) is 7.26. The van der Waals surface area contributed by atoms with Gasteiger partial charge in [-0.1, -0.05) is 13.8 Å². The minimum Gasteiger partial charge on any atom is -0.393 e. The topological polar surface area (TPSA) is 49.5 Å². The quantitative estimate of drug-likeness (QED) is 0.824. The first-order valence-electron chi connectivity index (χ1n) is 8.13. The fraction of sp³-hybridized carbons (Fsp3) is 1.00. The molecule has 3 N–H and O–H groups in total. The molecule has 0 spiro atoms. The summed E-state index contributed by atoms with van der Waals surface area (Å²) < 4.78 is 0. The number of likely N-dealkylation sites (tertiary alicyclic amines) is 1. The van der Waals surface area contributed by atoms with E-state index in [-0.39, 0.29) is 6.10 Å². The van der Waals surface area contributed by atoms with Gasteiger partial charge in [-0.3, -0.25) is 0 Å². The van der Waals surface area contributed by atoms with Crippen molar-refractivity contribution >= 4 is 0 Å². The van der Waals surface area contributed by atoms with Gasteiger partial charge in [0.15, 0.2) is 0 Å². The number of rotatable bonds is 3. The lowest BCUT2D eigenvalue weighted by molar-refractivity contribution is 0.0512. The molecule has 2 rings (SSSR count). The van der Waals surface area contributed by atoms with Crippen LogP contribution in [-0.2, 0) is 0 Å². The first-order chi connectivity index (χ1) is 8.97. The maximum absolute atomic E-state index is 9.66. The Labute approximate surface area is 118 Å². The van der Waals surface area contributed by atoms with Crippen LogP contribution in [0.4, 0.5) is 0 Å². The predicted molar refractivity (Wildman–Crippen MR) is 79.9 cm³/mol. The fourth-order valence-corrected chi connectivity index (χ4v) is 4.20. The monoisotopic (exact) mass is 268 g/mol. The van der Waals surface area contributed by atoms with Crippen molar-refractivity contribution in [3.05, 3.63) is 0 Å². The van der Waals surface area contributed by atoms with Gasteiger partial charge in [-0.25, -0.2) is 0 Å². The van der Waals surface area contributed by atoms with E-state index < -0.39 is 0 Å². The molecule has 1 saturated heterocycles. The summed E-state index contributed by atoms with van der Waals surface area (Å²) in [5, 5.41) is 9.66. The van der Waals surface area contributed by atoms with E-state index in [0.29, 0.717) is 17.9 Å². The first kappa shape index (κ1) is 15.3. The lowest BCUT2D eigenvalue weighted by Crippen LogP contribution is -2.48. The third kappa shape index (κ3) is 3.93. The molecule has 0 aromatic heterocycles. The van der Waals surface area contributed by atoms with Crippen molar-refractivity contribution in [2.45, 2.75) is 58.6 Å². The number of hydrogen-bond acceptors (Lipinski definition) is 3. The highest BCUT2D eigenvalue weighted by Gasteiger charge is 2.33. The molecule has 2 aliphatic rings. The second-order valence-corrected chi connectivity index (χ2v) is 7.26. The van der Waals surface area contributed by atoms with E-state index in [2.05, 4.69) is 18.7 Å². The van der Waals surface area contributed by atoms with Crippen molar-refractivity contribution in [1.29, 1.82) is 0 Å². The van der Waals surface area contributed by atoms with Gasteiger partial charge in [0, 0.05) is 12.6 Å². The molecule has 3 nitrogen and oxygen atoms in total. The largest absolute Gasteiger partial charge is 0.393 e. The third-order valence-electron chi connectivity index (χ3n) is 5.51. The van der Waals surface area contributed by atoms with Gasteiger partial charge in [-0.05, 0) is 69.4 Å². The Kier molecular flexibility index (Phi) is 5.27.